The predicted octanol–water partition coefficient (Wildman–Crippen LogP) is 16.1. The molecule has 3 aromatic carbocycles. The fourth-order valence-corrected chi connectivity index (χ4v) is 9.95. The van der Waals surface area contributed by atoms with Crippen molar-refractivity contribution in [2.24, 2.45) is 0 Å². The van der Waals surface area contributed by atoms with E-state index >= 15 is 0 Å². The molecule has 0 fully saturated rings. The van der Waals surface area contributed by atoms with Gasteiger partial charge in [-0.2, -0.15) is 0 Å². The van der Waals surface area contributed by atoms with Crippen molar-refractivity contribution in [2.75, 3.05) is 0 Å². The molecular weight excluding hydrogens is 593 g/mol. The maximum absolute atomic E-state index is 2.48. The van der Waals surface area contributed by atoms with E-state index < -0.39 is 0 Å². The summed E-state index contributed by atoms with van der Waals surface area (Å²) in [4.78, 5) is 3.14. The van der Waals surface area contributed by atoms with Gasteiger partial charge in [0.05, 0.1) is 0 Å². The number of thiophene rings is 2. The van der Waals surface area contributed by atoms with Crippen molar-refractivity contribution in [1.29, 1.82) is 0 Å². The predicted molar refractivity (Wildman–Crippen MR) is 213 cm³/mol. The van der Waals surface area contributed by atoms with Crippen molar-refractivity contribution >= 4 is 64.4 Å². The van der Waals surface area contributed by atoms with Crippen molar-refractivity contribution in [3.63, 3.8) is 0 Å². The van der Waals surface area contributed by atoms with Crippen molar-refractivity contribution in [3.8, 4) is 0 Å². The van der Waals surface area contributed by atoms with Gasteiger partial charge >= 0.3 is 0 Å². The highest BCUT2D eigenvalue weighted by Crippen LogP contribution is 2.40. The Kier molecular flexibility index (Phi) is 15.2. The maximum Gasteiger partial charge on any atom is 0.0424 e. The summed E-state index contributed by atoms with van der Waals surface area (Å²) in [5.74, 6) is 0. The zero-order chi connectivity index (χ0) is 31.8. The Hall–Kier alpha value is -1.90. The summed E-state index contributed by atoms with van der Waals surface area (Å²) in [6, 6.07) is 19.3. The SMILES string of the molecule is CCCCCCCCCCCCCc1cc2ccc3c4ccc5cc(CCCCCCCCCCCCC)sc5c4ccc3c2s1. The third-order valence-corrected chi connectivity index (χ3v) is 12.8. The van der Waals surface area contributed by atoms with Gasteiger partial charge in [0.15, 0.2) is 0 Å². The standard InChI is InChI=1S/C44H62S2/c1-3-5-7-9-11-13-15-17-19-21-23-25-37-33-35-27-29-39-40-30-28-36-34-38(26-24-22-20-18-16-14-12-10-8-6-4-2)46-44(36)42(40)32-31-41(39)43(35)45-37/h27-34H,3-26H2,1-2H3. The molecule has 0 bridgehead atoms. The zero-order valence-electron chi connectivity index (χ0n) is 29.4. The third-order valence-electron chi connectivity index (χ3n) is 10.3. The molecule has 0 N–H and O–H groups in total. The molecule has 46 heavy (non-hydrogen) atoms. The first-order valence-electron chi connectivity index (χ1n) is 19.6. The van der Waals surface area contributed by atoms with E-state index in [1.165, 1.54) is 196 Å². The number of hydrogen-bond acceptors (Lipinski definition) is 2. The molecule has 2 aromatic heterocycles. The molecule has 250 valence electrons. The molecule has 0 aliphatic rings. The lowest BCUT2D eigenvalue weighted by atomic mass is 9.99. The van der Waals surface area contributed by atoms with Crippen LogP contribution in [0.2, 0.25) is 0 Å². The van der Waals surface area contributed by atoms with Crippen LogP contribution < -0.4 is 0 Å². The summed E-state index contributed by atoms with van der Waals surface area (Å²) in [7, 11) is 0. The minimum Gasteiger partial charge on any atom is -0.140 e. The molecule has 0 aliphatic carbocycles. The molecule has 2 heterocycles. The van der Waals surface area contributed by atoms with Crippen LogP contribution >= 0.6 is 22.7 Å². The van der Waals surface area contributed by atoms with Gasteiger partial charge in [-0.25, -0.2) is 0 Å². The van der Waals surface area contributed by atoms with E-state index in [0.29, 0.717) is 0 Å². The Balaban J connectivity index is 1.10. The second-order valence-corrected chi connectivity index (χ2v) is 16.5. The second kappa shape index (κ2) is 19.8. The number of rotatable bonds is 24. The van der Waals surface area contributed by atoms with Gasteiger partial charge in [-0.15, -0.1) is 22.7 Å². The quantitative estimate of drug-likeness (QED) is 0.0459. The van der Waals surface area contributed by atoms with Gasteiger partial charge < -0.3 is 0 Å². The van der Waals surface area contributed by atoms with Crippen molar-refractivity contribution in [3.05, 3.63) is 58.3 Å². The summed E-state index contributed by atoms with van der Waals surface area (Å²) in [6.45, 7) is 4.61. The van der Waals surface area contributed by atoms with Crippen LogP contribution in [0.5, 0.6) is 0 Å². The molecule has 0 nitrogen and oxygen atoms in total. The van der Waals surface area contributed by atoms with Crippen LogP contribution in [0.15, 0.2) is 48.5 Å². The van der Waals surface area contributed by atoms with Gasteiger partial charge in [0.2, 0.25) is 0 Å². The summed E-state index contributed by atoms with van der Waals surface area (Å²) in [5.41, 5.74) is 0. The molecule has 0 amide bonds. The molecule has 0 saturated heterocycles. The van der Waals surface area contributed by atoms with E-state index in [2.05, 4.69) is 62.4 Å². The van der Waals surface area contributed by atoms with E-state index in [1.54, 1.807) is 9.75 Å². The van der Waals surface area contributed by atoms with Crippen LogP contribution in [-0.2, 0) is 12.8 Å². The monoisotopic (exact) mass is 654 g/mol. The van der Waals surface area contributed by atoms with Gasteiger partial charge in [-0.05, 0) is 59.4 Å². The number of fused-ring (bicyclic) bond motifs is 7. The number of unbranched alkanes of at least 4 members (excludes halogenated alkanes) is 20. The molecule has 0 atom stereocenters. The Morgan fingerprint density at radius 2 is 0.652 bits per heavy atom. The van der Waals surface area contributed by atoms with Gasteiger partial charge in [0.25, 0.3) is 0 Å². The Morgan fingerprint density at radius 3 is 1.00 bits per heavy atom. The van der Waals surface area contributed by atoms with Gasteiger partial charge in [0.1, 0.15) is 0 Å². The highest BCUT2D eigenvalue weighted by atomic mass is 32.1. The largest absolute Gasteiger partial charge is 0.140 e. The van der Waals surface area contributed by atoms with Crippen LogP contribution in [0.1, 0.15) is 165 Å². The molecule has 0 spiro atoms. The topological polar surface area (TPSA) is 0 Å². The average molecular weight is 655 g/mol. The van der Waals surface area contributed by atoms with Crippen LogP contribution in [0.4, 0.5) is 0 Å². The van der Waals surface area contributed by atoms with Crippen molar-refractivity contribution in [1.82, 2.24) is 0 Å². The van der Waals surface area contributed by atoms with Crippen LogP contribution in [0, 0.1) is 0 Å². The maximum atomic E-state index is 2.48. The average Bonchev–Trinajstić information content (AvgIpc) is 3.70. The van der Waals surface area contributed by atoms with E-state index in [-0.39, 0.29) is 0 Å². The Morgan fingerprint density at radius 1 is 0.348 bits per heavy atom. The number of benzene rings is 3. The molecule has 0 radical (unpaired) electrons. The highest BCUT2D eigenvalue weighted by Gasteiger charge is 2.12. The minimum atomic E-state index is 1.24. The lowest BCUT2D eigenvalue weighted by Gasteiger charge is -2.06. The van der Waals surface area contributed by atoms with Gasteiger partial charge in [-0.1, -0.05) is 179 Å². The highest BCUT2D eigenvalue weighted by molar-refractivity contribution is 7.20. The zero-order valence-corrected chi connectivity index (χ0v) is 31.0. The summed E-state index contributed by atoms with van der Waals surface area (Å²) in [5, 5.41) is 8.60. The fourth-order valence-electron chi connectivity index (χ4n) is 7.50. The molecular formula is C44H62S2. The fraction of sp³-hybridized carbons (Fsp3) is 0.591. The number of aryl methyl sites for hydroxylation is 2. The lowest BCUT2D eigenvalue weighted by Crippen LogP contribution is -1.84. The Bertz CT molecular complexity index is 1460. The molecule has 5 rings (SSSR count). The van der Waals surface area contributed by atoms with E-state index in [4.69, 9.17) is 0 Å². The summed E-state index contributed by atoms with van der Waals surface area (Å²) >= 11 is 4.10. The Labute approximate surface area is 289 Å². The third kappa shape index (κ3) is 10.3. The molecule has 2 heteroatoms. The number of hydrogen-bond donors (Lipinski definition) is 0. The molecule has 5 aromatic rings. The molecule has 0 aliphatic heterocycles. The van der Waals surface area contributed by atoms with Gasteiger partial charge in [-0.3, -0.25) is 0 Å². The summed E-state index contributed by atoms with van der Waals surface area (Å²) in [6.07, 6.45) is 33.6. The minimum absolute atomic E-state index is 1.24. The van der Waals surface area contributed by atoms with Crippen molar-refractivity contribution in [2.45, 2.75) is 168 Å². The smallest absolute Gasteiger partial charge is 0.0424 e. The second-order valence-electron chi connectivity index (χ2n) is 14.2. The van der Waals surface area contributed by atoms with Crippen LogP contribution in [-0.4, -0.2) is 0 Å². The lowest BCUT2D eigenvalue weighted by molar-refractivity contribution is 0.550. The van der Waals surface area contributed by atoms with E-state index in [1.807, 2.05) is 22.7 Å². The molecule has 0 unspecified atom stereocenters. The molecule has 0 saturated carbocycles. The van der Waals surface area contributed by atoms with Crippen LogP contribution in [0.3, 0.4) is 0 Å². The first-order valence-corrected chi connectivity index (χ1v) is 21.2. The van der Waals surface area contributed by atoms with E-state index in [9.17, 15) is 0 Å². The van der Waals surface area contributed by atoms with Crippen LogP contribution in [0.25, 0.3) is 41.7 Å². The van der Waals surface area contributed by atoms with Gasteiger partial charge in [0, 0.05) is 29.9 Å². The normalized spacial score (nSPS) is 12.0. The summed E-state index contributed by atoms with van der Waals surface area (Å²) < 4.78 is 2.97. The van der Waals surface area contributed by atoms with E-state index in [0.717, 1.165) is 0 Å². The first kappa shape index (κ1) is 35.4. The first-order chi connectivity index (χ1) is 22.8. The van der Waals surface area contributed by atoms with Crippen molar-refractivity contribution < 1.29 is 0 Å².